The number of hydrogen-bond acceptors (Lipinski definition) is 5. The van der Waals surface area contributed by atoms with Crippen molar-refractivity contribution in [3.63, 3.8) is 0 Å². The Morgan fingerprint density at radius 1 is 1.29 bits per heavy atom. The Morgan fingerprint density at radius 2 is 2.00 bits per heavy atom. The summed E-state index contributed by atoms with van der Waals surface area (Å²) in [6.07, 6.45) is 3.40. The molecule has 1 fully saturated rings. The van der Waals surface area contributed by atoms with E-state index in [0.29, 0.717) is 25.8 Å². The highest BCUT2D eigenvalue weighted by molar-refractivity contribution is 6.06. The molecular weight excluding hydrogens is 394 g/mol. The van der Waals surface area contributed by atoms with E-state index < -0.39 is 23.0 Å². The van der Waals surface area contributed by atoms with Crippen LogP contribution in [0.5, 0.6) is 0 Å². The fourth-order valence-corrected chi connectivity index (χ4v) is 3.48. The molecule has 0 saturated heterocycles. The Hall–Kier alpha value is -2.92. The summed E-state index contributed by atoms with van der Waals surface area (Å²) in [5, 5.41) is 29.6. The number of nitriles is 1. The Bertz CT molecular complexity index is 995. The van der Waals surface area contributed by atoms with Crippen LogP contribution in [0, 0.1) is 16.7 Å². The molecular formula is C23H31N5O3. The number of nitrogens with zero attached hydrogens (tertiary/aromatic N) is 3. The van der Waals surface area contributed by atoms with Gasteiger partial charge in [-0.2, -0.15) is 10.4 Å². The highest BCUT2D eigenvalue weighted by Crippen LogP contribution is 2.34. The number of aromatic nitrogens is 2. The monoisotopic (exact) mass is 425 g/mol. The zero-order chi connectivity index (χ0) is 22.6. The molecule has 1 unspecified atom stereocenters. The minimum Gasteiger partial charge on any atom is -0.388 e. The predicted molar refractivity (Wildman–Crippen MR) is 117 cm³/mol. The van der Waals surface area contributed by atoms with E-state index in [2.05, 4.69) is 21.8 Å². The van der Waals surface area contributed by atoms with E-state index in [0.717, 1.165) is 23.7 Å². The van der Waals surface area contributed by atoms with Crippen molar-refractivity contribution in [1.82, 2.24) is 20.4 Å². The third-order valence-electron chi connectivity index (χ3n) is 5.60. The van der Waals surface area contributed by atoms with Crippen molar-refractivity contribution in [2.45, 2.75) is 71.1 Å². The molecule has 1 aromatic carbocycles. The number of aryl methyl sites for hydroxylation is 1. The molecule has 31 heavy (non-hydrogen) atoms. The van der Waals surface area contributed by atoms with Gasteiger partial charge in [-0.15, -0.1) is 0 Å². The molecule has 0 spiro atoms. The summed E-state index contributed by atoms with van der Waals surface area (Å²) in [6.45, 7) is 6.45. The van der Waals surface area contributed by atoms with Crippen molar-refractivity contribution in [1.29, 1.82) is 5.26 Å². The quantitative estimate of drug-likeness (QED) is 0.533. The summed E-state index contributed by atoms with van der Waals surface area (Å²) in [7, 11) is 0. The van der Waals surface area contributed by atoms with Crippen molar-refractivity contribution in [3.05, 3.63) is 30.0 Å². The van der Waals surface area contributed by atoms with Crippen molar-refractivity contribution in [2.75, 3.05) is 6.54 Å². The third kappa shape index (κ3) is 5.61. The van der Waals surface area contributed by atoms with Gasteiger partial charge in [-0.05, 0) is 37.2 Å². The molecule has 166 valence electrons. The zero-order valence-corrected chi connectivity index (χ0v) is 18.4. The number of benzene rings is 1. The second kappa shape index (κ2) is 9.06. The van der Waals surface area contributed by atoms with Crippen LogP contribution in [0.1, 0.15) is 63.4 Å². The van der Waals surface area contributed by atoms with Crippen LogP contribution >= 0.6 is 0 Å². The SMILES string of the molecule is CC(C)(C)C(NC(=O)c1nn(CCCCC#N)c2ccccc12)C(=O)NCC1(O)CC1. The maximum atomic E-state index is 13.2. The third-order valence-corrected chi connectivity index (χ3v) is 5.60. The minimum atomic E-state index is -0.803. The number of aliphatic hydroxyl groups is 1. The van der Waals surface area contributed by atoms with Gasteiger partial charge in [0.05, 0.1) is 17.2 Å². The highest BCUT2D eigenvalue weighted by atomic mass is 16.3. The largest absolute Gasteiger partial charge is 0.388 e. The fourth-order valence-electron chi connectivity index (χ4n) is 3.48. The number of hydrogen-bond donors (Lipinski definition) is 3. The summed E-state index contributed by atoms with van der Waals surface area (Å²) in [6, 6.07) is 8.86. The summed E-state index contributed by atoms with van der Waals surface area (Å²) in [4.78, 5) is 26.0. The molecule has 1 saturated carbocycles. The van der Waals surface area contributed by atoms with Crippen molar-refractivity contribution in [3.8, 4) is 6.07 Å². The van der Waals surface area contributed by atoms with E-state index in [4.69, 9.17) is 5.26 Å². The van der Waals surface area contributed by atoms with Crippen molar-refractivity contribution < 1.29 is 14.7 Å². The maximum Gasteiger partial charge on any atom is 0.273 e. The highest BCUT2D eigenvalue weighted by Gasteiger charge is 2.42. The van der Waals surface area contributed by atoms with E-state index in [1.807, 2.05) is 45.0 Å². The van der Waals surface area contributed by atoms with Gasteiger partial charge in [-0.1, -0.05) is 39.0 Å². The van der Waals surface area contributed by atoms with Crippen LogP contribution in [0.3, 0.4) is 0 Å². The van der Waals surface area contributed by atoms with Crippen LogP contribution in [0.25, 0.3) is 10.9 Å². The lowest BCUT2D eigenvalue weighted by molar-refractivity contribution is -0.126. The molecule has 1 aromatic heterocycles. The molecule has 1 atom stereocenters. The Kier molecular flexibility index (Phi) is 6.65. The van der Waals surface area contributed by atoms with Gasteiger partial charge in [-0.25, -0.2) is 0 Å². The zero-order valence-electron chi connectivity index (χ0n) is 18.4. The number of amides is 2. The second-order valence-corrected chi connectivity index (χ2v) is 9.42. The van der Waals surface area contributed by atoms with Crippen molar-refractivity contribution in [2.24, 2.45) is 5.41 Å². The van der Waals surface area contributed by atoms with E-state index >= 15 is 0 Å². The molecule has 1 aliphatic rings. The van der Waals surface area contributed by atoms with Crippen molar-refractivity contribution >= 4 is 22.7 Å². The van der Waals surface area contributed by atoms with Gasteiger partial charge < -0.3 is 15.7 Å². The average molecular weight is 426 g/mol. The Labute approximate surface area is 182 Å². The molecule has 3 N–H and O–H groups in total. The van der Waals surface area contributed by atoms with Crippen LogP contribution in [0.15, 0.2) is 24.3 Å². The van der Waals surface area contributed by atoms with E-state index in [1.165, 1.54) is 0 Å². The Morgan fingerprint density at radius 3 is 2.65 bits per heavy atom. The fraction of sp³-hybridized carbons (Fsp3) is 0.565. The first kappa shape index (κ1) is 22.8. The summed E-state index contributed by atoms with van der Waals surface area (Å²) < 4.78 is 1.79. The van der Waals surface area contributed by atoms with Crippen LogP contribution in [0.4, 0.5) is 0 Å². The number of unbranched alkanes of at least 4 members (excludes halogenated alkanes) is 2. The summed E-state index contributed by atoms with van der Waals surface area (Å²) >= 11 is 0. The normalized spacial score (nSPS) is 15.8. The number of carbonyl (C=O) groups excluding carboxylic acids is 2. The van der Waals surface area contributed by atoms with E-state index in [1.54, 1.807) is 4.68 Å². The standard InChI is InChI=1S/C23H31N5O3/c1-22(2,3)19(21(30)25-15-23(31)11-12-23)26-20(29)18-16-9-5-6-10-17(16)28(27-18)14-8-4-7-13-24/h5-6,9-10,19,31H,4,7-8,11-12,14-15H2,1-3H3,(H,25,30)(H,26,29). The van der Waals surface area contributed by atoms with E-state index in [-0.39, 0.29) is 18.1 Å². The molecule has 8 heteroatoms. The molecule has 3 rings (SSSR count). The first-order chi connectivity index (χ1) is 14.6. The number of para-hydroxylation sites is 1. The van der Waals surface area contributed by atoms with Crippen LogP contribution in [0.2, 0.25) is 0 Å². The molecule has 8 nitrogen and oxygen atoms in total. The molecule has 2 amide bonds. The topological polar surface area (TPSA) is 120 Å². The molecule has 0 aliphatic heterocycles. The van der Waals surface area contributed by atoms with Gasteiger partial charge in [0.2, 0.25) is 5.91 Å². The average Bonchev–Trinajstić information content (AvgIpc) is 3.35. The lowest BCUT2D eigenvalue weighted by atomic mass is 9.86. The predicted octanol–water partition coefficient (Wildman–Crippen LogP) is 2.52. The summed E-state index contributed by atoms with van der Waals surface area (Å²) in [5.74, 6) is -0.728. The number of fused-ring (bicyclic) bond motifs is 1. The first-order valence-electron chi connectivity index (χ1n) is 10.8. The second-order valence-electron chi connectivity index (χ2n) is 9.42. The van der Waals surface area contributed by atoms with Gasteiger partial charge >= 0.3 is 0 Å². The maximum absolute atomic E-state index is 13.2. The van der Waals surface area contributed by atoms with E-state index in [9.17, 15) is 14.7 Å². The van der Waals surface area contributed by atoms with Gasteiger partial charge in [0.1, 0.15) is 6.04 Å². The smallest absolute Gasteiger partial charge is 0.273 e. The lowest BCUT2D eigenvalue weighted by Gasteiger charge is -2.30. The molecule has 0 bridgehead atoms. The number of rotatable bonds is 9. The van der Waals surface area contributed by atoms with Gasteiger partial charge in [0, 0.05) is 24.9 Å². The van der Waals surface area contributed by atoms with Gasteiger partial charge in [0.25, 0.3) is 5.91 Å². The van der Waals surface area contributed by atoms with Gasteiger partial charge in [0.15, 0.2) is 5.69 Å². The Balaban J connectivity index is 1.78. The van der Waals surface area contributed by atoms with Gasteiger partial charge in [-0.3, -0.25) is 14.3 Å². The minimum absolute atomic E-state index is 0.189. The summed E-state index contributed by atoms with van der Waals surface area (Å²) in [5.41, 5.74) is -0.208. The first-order valence-corrected chi connectivity index (χ1v) is 10.8. The molecule has 0 radical (unpaired) electrons. The molecule has 1 aliphatic carbocycles. The lowest BCUT2D eigenvalue weighted by Crippen LogP contribution is -2.54. The number of carbonyl (C=O) groups is 2. The molecule has 1 heterocycles. The number of nitrogens with one attached hydrogen (secondary N) is 2. The van der Waals surface area contributed by atoms with Crippen LogP contribution in [-0.4, -0.2) is 44.9 Å². The molecule has 2 aromatic rings. The van der Waals surface area contributed by atoms with Crippen LogP contribution in [-0.2, 0) is 11.3 Å². The van der Waals surface area contributed by atoms with Crippen LogP contribution < -0.4 is 10.6 Å².